The molecule has 0 aromatic carbocycles. The molecule has 0 saturated carbocycles. The zero-order valence-corrected chi connectivity index (χ0v) is 16.7. The maximum atomic E-state index is 4.70. The lowest BCUT2D eigenvalue weighted by Crippen LogP contribution is -2.53. The molecular formula is C19H28N6S. The third-order valence-electron chi connectivity index (χ3n) is 4.49. The number of anilines is 1. The largest absolute Gasteiger partial charge is 0.356 e. The van der Waals surface area contributed by atoms with Gasteiger partial charge >= 0.3 is 0 Å². The van der Waals surface area contributed by atoms with Gasteiger partial charge in [0.05, 0.1) is 10.7 Å². The molecule has 1 saturated heterocycles. The van der Waals surface area contributed by atoms with Gasteiger partial charge in [0.25, 0.3) is 0 Å². The smallest absolute Gasteiger partial charge is 0.193 e. The van der Waals surface area contributed by atoms with Crippen LogP contribution >= 0.6 is 11.3 Å². The molecule has 1 aliphatic rings. The number of guanidine groups is 1. The van der Waals surface area contributed by atoms with Gasteiger partial charge in [-0.3, -0.25) is 4.99 Å². The van der Waals surface area contributed by atoms with Crippen LogP contribution in [0.3, 0.4) is 0 Å². The number of nitrogens with zero attached hydrogens (tertiary/aromatic N) is 5. The molecule has 140 valence electrons. The number of thiazole rings is 1. The standard InChI is InChI=1S/C19H28N6S/c1-15(2)18-23-16(14-26-18)7-9-22-19(20-3)25-12-10-24(11-13-25)17-6-4-5-8-21-17/h4-6,8,14-15H,7,9-13H2,1-3H3,(H,20,22). The topological polar surface area (TPSA) is 56.7 Å². The highest BCUT2D eigenvalue weighted by molar-refractivity contribution is 7.09. The van der Waals surface area contributed by atoms with E-state index in [0.717, 1.165) is 50.9 Å². The number of aliphatic imine (C=N–C) groups is 1. The number of hydrogen-bond acceptors (Lipinski definition) is 5. The average molecular weight is 373 g/mol. The van der Waals surface area contributed by atoms with Crippen LogP contribution in [0, 0.1) is 0 Å². The molecule has 26 heavy (non-hydrogen) atoms. The molecular weight excluding hydrogens is 344 g/mol. The predicted octanol–water partition coefficient (Wildman–Crippen LogP) is 2.60. The zero-order valence-electron chi connectivity index (χ0n) is 15.9. The molecule has 0 radical (unpaired) electrons. The average Bonchev–Trinajstić information content (AvgIpc) is 3.15. The van der Waals surface area contributed by atoms with Crippen LogP contribution in [0.4, 0.5) is 5.82 Å². The highest BCUT2D eigenvalue weighted by Gasteiger charge is 2.20. The molecule has 0 amide bonds. The van der Waals surface area contributed by atoms with E-state index in [-0.39, 0.29) is 0 Å². The molecule has 2 aromatic rings. The Morgan fingerprint density at radius 3 is 2.69 bits per heavy atom. The second-order valence-corrected chi connectivity index (χ2v) is 7.61. The predicted molar refractivity (Wildman–Crippen MR) is 109 cm³/mol. The molecule has 1 N–H and O–H groups in total. The van der Waals surface area contributed by atoms with E-state index in [1.807, 2.05) is 25.4 Å². The third kappa shape index (κ3) is 4.72. The van der Waals surface area contributed by atoms with Gasteiger partial charge in [0.2, 0.25) is 0 Å². The van der Waals surface area contributed by atoms with Crippen molar-refractivity contribution in [2.75, 3.05) is 44.7 Å². The van der Waals surface area contributed by atoms with Crippen molar-refractivity contribution in [3.8, 4) is 0 Å². The maximum Gasteiger partial charge on any atom is 0.193 e. The first-order valence-electron chi connectivity index (χ1n) is 9.23. The molecule has 3 rings (SSSR count). The second-order valence-electron chi connectivity index (χ2n) is 6.72. The van der Waals surface area contributed by atoms with Crippen LogP contribution in [0.5, 0.6) is 0 Å². The van der Waals surface area contributed by atoms with Crippen LogP contribution in [0.15, 0.2) is 34.8 Å². The van der Waals surface area contributed by atoms with Crippen molar-refractivity contribution in [2.24, 2.45) is 4.99 Å². The molecule has 0 spiro atoms. The number of hydrogen-bond donors (Lipinski definition) is 1. The van der Waals surface area contributed by atoms with E-state index in [1.165, 1.54) is 10.7 Å². The second kappa shape index (κ2) is 8.98. The van der Waals surface area contributed by atoms with E-state index in [2.05, 4.69) is 50.4 Å². The summed E-state index contributed by atoms with van der Waals surface area (Å²) >= 11 is 1.76. The minimum absolute atomic E-state index is 0.505. The Labute approximate surface area is 160 Å². The van der Waals surface area contributed by atoms with E-state index in [9.17, 15) is 0 Å². The van der Waals surface area contributed by atoms with Crippen LogP contribution in [0.2, 0.25) is 0 Å². The Bertz CT molecular complexity index is 704. The highest BCUT2D eigenvalue weighted by atomic mass is 32.1. The molecule has 1 fully saturated rings. The SMILES string of the molecule is CN=C(NCCc1csc(C(C)C)n1)N1CCN(c2ccccn2)CC1. The van der Waals surface area contributed by atoms with E-state index in [0.29, 0.717) is 5.92 Å². The fourth-order valence-electron chi connectivity index (χ4n) is 3.03. The first-order chi connectivity index (χ1) is 12.7. The van der Waals surface area contributed by atoms with E-state index < -0.39 is 0 Å². The Balaban J connectivity index is 1.46. The first kappa shape index (κ1) is 18.6. The van der Waals surface area contributed by atoms with E-state index in [1.54, 1.807) is 11.3 Å². The Morgan fingerprint density at radius 1 is 1.27 bits per heavy atom. The quantitative estimate of drug-likeness (QED) is 0.646. The summed E-state index contributed by atoms with van der Waals surface area (Å²) in [5.74, 6) is 2.54. The van der Waals surface area contributed by atoms with Gasteiger partial charge in [-0.25, -0.2) is 9.97 Å². The highest BCUT2D eigenvalue weighted by Crippen LogP contribution is 2.19. The molecule has 0 aliphatic carbocycles. The summed E-state index contributed by atoms with van der Waals surface area (Å²) in [5, 5.41) is 6.88. The van der Waals surface area contributed by atoms with Gasteiger partial charge < -0.3 is 15.1 Å². The van der Waals surface area contributed by atoms with Crippen LogP contribution in [-0.2, 0) is 6.42 Å². The Morgan fingerprint density at radius 2 is 2.08 bits per heavy atom. The lowest BCUT2D eigenvalue weighted by atomic mass is 10.2. The van der Waals surface area contributed by atoms with Gasteiger partial charge in [0.1, 0.15) is 5.82 Å². The summed E-state index contributed by atoms with van der Waals surface area (Å²) in [7, 11) is 1.85. The van der Waals surface area contributed by atoms with Crippen molar-refractivity contribution in [1.29, 1.82) is 0 Å². The lowest BCUT2D eigenvalue weighted by Gasteiger charge is -2.37. The molecule has 3 heterocycles. The van der Waals surface area contributed by atoms with Crippen molar-refractivity contribution < 1.29 is 0 Å². The minimum atomic E-state index is 0.505. The van der Waals surface area contributed by atoms with E-state index >= 15 is 0 Å². The first-order valence-corrected chi connectivity index (χ1v) is 10.1. The van der Waals surface area contributed by atoms with Crippen LogP contribution in [-0.4, -0.2) is 60.6 Å². The van der Waals surface area contributed by atoms with Gasteiger partial charge in [-0.15, -0.1) is 11.3 Å². The summed E-state index contributed by atoms with van der Waals surface area (Å²) in [6.45, 7) is 9.05. The fraction of sp³-hybridized carbons (Fsp3) is 0.526. The van der Waals surface area contributed by atoms with Crippen LogP contribution in [0.1, 0.15) is 30.5 Å². The zero-order chi connectivity index (χ0) is 18.4. The van der Waals surface area contributed by atoms with Crippen molar-refractivity contribution in [2.45, 2.75) is 26.2 Å². The monoisotopic (exact) mass is 372 g/mol. The molecule has 0 unspecified atom stereocenters. The number of rotatable bonds is 5. The van der Waals surface area contributed by atoms with E-state index in [4.69, 9.17) is 4.98 Å². The van der Waals surface area contributed by atoms with Crippen molar-refractivity contribution in [3.05, 3.63) is 40.5 Å². The van der Waals surface area contributed by atoms with Gasteiger partial charge in [-0.2, -0.15) is 0 Å². The lowest BCUT2D eigenvalue weighted by molar-refractivity contribution is 0.372. The number of pyridine rings is 1. The molecule has 0 atom stereocenters. The Hall–Kier alpha value is -2.15. The van der Waals surface area contributed by atoms with Crippen molar-refractivity contribution in [1.82, 2.24) is 20.2 Å². The van der Waals surface area contributed by atoms with Crippen LogP contribution < -0.4 is 10.2 Å². The van der Waals surface area contributed by atoms with Gasteiger partial charge in [0, 0.05) is 63.7 Å². The van der Waals surface area contributed by atoms with Crippen molar-refractivity contribution in [3.63, 3.8) is 0 Å². The van der Waals surface area contributed by atoms with Crippen LogP contribution in [0.25, 0.3) is 0 Å². The molecule has 1 aliphatic heterocycles. The Kier molecular flexibility index (Phi) is 6.44. The number of piperazine rings is 1. The molecule has 6 nitrogen and oxygen atoms in total. The third-order valence-corrected chi connectivity index (χ3v) is 5.69. The van der Waals surface area contributed by atoms with Gasteiger partial charge in [-0.05, 0) is 12.1 Å². The van der Waals surface area contributed by atoms with Gasteiger partial charge in [-0.1, -0.05) is 19.9 Å². The summed E-state index contributed by atoms with van der Waals surface area (Å²) in [4.78, 5) is 18.2. The fourth-order valence-corrected chi connectivity index (χ4v) is 3.89. The van der Waals surface area contributed by atoms with Gasteiger partial charge in [0.15, 0.2) is 5.96 Å². The van der Waals surface area contributed by atoms with Crippen molar-refractivity contribution >= 4 is 23.1 Å². The normalized spacial score (nSPS) is 15.6. The molecule has 7 heteroatoms. The number of aromatic nitrogens is 2. The summed E-state index contributed by atoms with van der Waals surface area (Å²) in [6.07, 6.45) is 2.78. The number of nitrogens with one attached hydrogen (secondary N) is 1. The summed E-state index contributed by atoms with van der Waals surface area (Å²) in [6, 6.07) is 6.07. The summed E-state index contributed by atoms with van der Waals surface area (Å²) < 4.78 is 0. The molecule has 2 aromatic heterocycles. The summed E-state index contributed by atoms with van der Waals surface area (Å²) in [5.41, 5.74) is 1.17. The molecule has 0 bridgehead atoms. The minimum Gasteiger partial charge on any atom is -0.356 e. The maximum absolute atomic E-state index is 4.70.